The van der Waals surface area contributed by atoms with Crippen LogP contribution in [0.2, 0.25) is 5.15 Å². The van der Waals surface area contributed by atoms with Crippen molar-refractivity contribution >= 4 is 35.1 Å². The normalized spacial score (nSPS) is 19.8. The van der Waals surface area contributed by atoms with Gasteiger partial charge in [0.2, 0.25) is 0 Å². The van der Waals surface area contributed by atoms with Crippen LogP contribution in [0, 0.1) is 27.7 Å². The average molecular weight is 735 g/mol. The van der Waals surface area contributed by atoms with Gasteiger partial charge >= 0.3 is 12.2 Å². The van der Waals surface area contributed by atoms with Gasteiger partial charge in [-0.1, -0.05) is 11.6 Å². The minimum Gasteiger partial charge on any atom is -0.444 e. The molecule has 0 bridgehead atoms. The Bertz CT molecular complexity index is 1970. The van der Waals surface area contributed by atoms with Crippen molar-refractivity contribution in [3.8, 4) is 0 Å². The number of aryl methyl sites for hydroxylation is 2. The van der Waals surface area contributed by atoms with Crippen molar-refractivity contribution in [2.45, 2.75) is 150 Å². The number of carbonyl (C=O) groups is 2. The number of amides is 2. The summed E-state index contributed by atoms with van der Waals surface area (Å²) in [6.07, 6.45) is 7.82. The molecule has 282 valence electrons. The zero-order valence-corrected chi connectivity index (χ0v) is 33.3. The van der Waals surface area contributed by atoms with Crippen LogP contribution in [0.15, 0.2) is 12.1 Å². The van der Waals surface area contributed by atoms with Gasteiger partial charge in [-0.25, -0.2) is 28.6 Å². The molecular weight excluding hydrogens is 680 g/mol. The van der Waals surface area contributed by atoms with Gasteiger partial charge in [-0.2, -0.15) is 10.2 Å². The minimum atomic E-state index is -0.517. The summed E-state index contributed by atoms with van der Waals surface area (Å²) in [6.45, 7) is 20.8. The molecule has 52 heavy (non-hydrogen) atoms. The molecule has 3 aliphatic rings. The smallest absolute Gasteiger partial charge is 0.410 e. The Morgan fingerprint density at radius 3 is 1.58 bits per heavy atom. The molecular formula is C39H55ClN8O4. The lowest BCUT2D eigenvalue weighted by molar-refractivity contribution is 0.00800. The molecule has 2 saturated heterocycles. The second kappa shape index (κ2) is 14.5. The van der Waals surface area contributed by atoms with Crippen LogP contribution in [0.3, 0.4) is 0 Å². The third-order valence-electron chi connectivity index (χ3n) is 10.1. The van der Waals surface area contributed by atoms with Crippen molar-refractivity contribution in [1.29, 1.82) is 0 Å². The van der Waals surface area contributed by atoms with E-state index in [2.05, 4.69) is 30.0 Å². The van der Waals surface area contributed by atoms with Crippen molar-refractivity contribution in [2.24, 2.45) is 0 Å². The van der Waals surface area contributed by atoms with E-state index in [0.717, 1.165) is 72.5 Å². The van der Waals surface area contributed by atoms with E-state index in [9.17, 15) is 9.59 Å². The molecule has 4 aromatic rings. The molecule has 2 aliphatic heterocycles. The van der Waals surface area contributed by atoms with Crippen LogP contribution in [0.5, 0.6) is 0 Å². The van der Waals surface area contributed by atoms with Crippen molar-refractivity contribution in [3.05, 3.63) is 56.9 Å². The number of halogens is 1. The highest BCUT2D eigenvalue weighted by Gasteiger charge is 2.36. The van der Waals surface area contributed by atoms with Gasteiger partial charge in [-0.3, -0.25) is 9.80 Å². The molecule has 6 heterocycles. The van der Waals surface area contributed by atoms with Crippen molar-refractivity contribution < 1.29 is 19.1 Å². The maximum Gasteiger partial charge on any atom is 0.410 e. The van der Waals surface area contributed by atoms with Gasteiger partial charge < -0.3 is 9.47 Å². The quantitative estimate of drug-likeness (QED) is 0.191. The maximum absolute atomic E-state index is 12.8. The van der Waals surface area contributed by atoms with Crippen LogP contribution in [-0.4, -0.2) is 75.5 Å². The van der Waals surface area contributed by atoms with E-state index in [-0.39, 0.29) is 24.3 Å². The SMILES string of the molecule is Cc1nc2cc([C@@H]3CCCCN3C(=O)OC(C)(C)C)nn2c(C2CC2)c1C.Cc1nc2cc([C@@H]3CCCCN3C(=O)OC(C)(C)C)nn2c(Cl)c1C. The molecule has 2 atom stereocenters. The van der Waals surface area contributed by atoms with Gasteiger partial charge in [-0.15, -0.1) is 0 Å². The summed E-state index contributed by atoms with van der Waals surface area (Å²) in [5.74, 6) is 0.593. The Labute approximate surface area is 312 Å². The van der Waals surface area contributed by atoms with Crippen LogP contribution in [-0.2, 0) is 9.47 Å². The molecule has 4 aromatic heterocycles. The monoisotopic (exact) mass is 734 g/mol. The first-order valence-electron chi connectivity index (χ1n) is 18.8. The molecule has 0 aromatic carbocycles. The molecule has 3 fully saturated rings. The first-order chi connectivity index (χ1) is 24.4. The summed E-state index contributed by atoms with van der Waals surface area (Å²) in [5, 5.41) is 10.1. The van der Waals surface area contributed by atoms with Crippen molar-refractivity contribution in [2.75, 3.05) is 13.1 Å². The molecule has 13 heteroatoms. The van der Waals surface area contributed by atoms with Crippen molar-refractivity contribution in [3.63, 3.8) is 0 Å². The summed E-state index contributed by atoms with van der Waals surface area (Å²) in [4.78, 5) is 38.3. The van der Waals surface area contributed by atoms with E-state index in [4.69, 9.17) is 31.2 Å². The fourth-order valence-electron chi connectivity index (χ4n) is 7.14. The Balaban J connectivity index is 0.000000179. The van der Waals surface area contributed by atoms with Gasteiger partial charge in [0.05, 0.1) is 29.2 Å². The lowest BCUT2D eigenvalue weighted by atomic mass is 10.00. The first-order valence-corrected chi connectivity index (χ1v) is 19.2. The first kappa shape index (κ1) is 37.8. The summed E-state index contributed by atoms with van der Waals surface area (Å²) in [7, 11) is 0. The van der Waals surface area contributed by atoms with Gasteiger partial charge in [0.15, 0.2) is 11.3 Å². The summed E-state index contributed by atoms with van der Waals surface area (Å²) >= 11 is 6.42. The number of hydrogen-bond acceptors (Lipinski definition) is 8. The molecule has 0 unspecified atom stereocenters. The van der Waals surface area contributed by atoms with Crippen molar-refractivity contribution in [1.82, 2.24) is 39.0 Å². The third-order valence-corrected chi connectivity index (χ3v) is 10.5. The van der Waals surface area contributed by atoms with E-state index in [1.807, 2.05) is 70.9 Å². The van der Waals surface area contributed by atoms with E-state index in [1.165, 1.54) is 24.1 Å². The Morgan fingerprint density at radius 2 is 1.12 bits per heavy atom. The fraction of sp³-hybridized carbons (Fsp3) is 0.641. The maximum atomic E-state index is 12.8. The molecule has 1 saturated carbocycles. The number of rotatable bonds is 3. The number of aromatic nitrogens is 6. The number of nitrogens with zero attached hydrogens (tertiary/aromatic N) is 8. The minimum absolute atomic E-state index is 0.0389. The van der Waals surface area contributed by atoms with Gasteiger partial charge in [0, 0.05) is 48.1 Å². The average Bonchev–Trinajstić information content (AvgIpc) is 3.68. The van der Waals surface area contributed by atoms with Crippen LogP contribution in [0.25, 0.3) is 11.3 Å². The molecule has 0 radical (unpaired) electrons. The molecule has 12 nitrogen and oxygen atoms in total. The van der Waals surface area contributed by atoms with E-state index < -0.39 is 11.2 Å². The fourth-order valence-corrected chi connectivity index (χ4v) is 7.40. The summed E-state index contributed by atoms with van der Waals surface area (Å²) in [6, 6.07) is 3.84. The number of hydrogen-bond donors (Lipinski definition) is 0. The molecule has 1 aliphatic carbocycles. The third kappa shape index (κ3) is 8.16. The molecule has 7 rings (SSSR count). The Kier molecular flexibility index (Phi) is 10.5. The standard InChI is InChI=1S/C21H30N4O2.C18H25ClN4O2/c1-13-14(2)22-18-12-16(23-25(18)19(13)15-9-10-15)17-8-6-7-11-24(17)20(26)27-21(3,4)5;1-11-12(2)20-15-10-13(21-23(15)16(11)19)14-8-6-7-9-22(14)17(24)25-18(3,4)5/h12,15,17H,6-11H2,1-5H3;10,14H,6-9H2,1-5H3/t17-;14-/m00/s1. The second-order valence-corrected chi connectivity index (χ2v) is 17.0. The van der Waals surface area contributed by atoms with Crippen LogP contribution in [0.1, 0.15) is 151 Å². The van der Waals surface area contributed by atoms with Crippen LogP contribution >= 0.6 is 11.6 Å². The summed E-state index contributed by atoms with van der Waals surface area (Å²) in [5.41, 5.74) is 7.74. The Hall–Kier alpha value is -3.93. The van der Waals surface area contributed by atoms with Crippen LogP contribution in [0.4, 0.5) is 9.59 Å². The van der Waals surface area contributed by atoms with E-state index in [1.54, 1.807) is 9.42 Å². The number of fused-ring (bicyclic) bond motifs is 2. The molecule has 0 N–H and O–H groups in total. The van der Waals surface area contributed by atoms with Gasteiger partial charge in [0.1, 0.15) is 16.4 Å². The van der Waals surface area contributed by atoms with E-state index >= 15 is 0 Å². The topological polar surface area (TPSA) is 119 Å². The number of piperidine rings is 2. The number of carbonyl (C=O) groups excluding carboxylic acids is 2. The largest absolute Gasteiger partial charge is 0.444 e. The Morgan fingerprint density at radius 1 is 0.673 bits per heavy atom. The predicted octanol–water partition coefficient (Wildman–Crippen LogP) is 9.15. The lowest BCUT2D eigenvalue weighted by Gasteiger charge is -2.35. The molecule has 0 spiro atoms. The number of likely N-dealkylation sites (tertiary alicyclic amines) is 2. The zero-order chi connectivity index (χ0) is 37.7. The summed E-state index contributed by atoms with van der Waals surface area (Å²) < 4.78 is 14.9. The number of ether oxygens (including phenoxy) is 2. The zero-order valence-electron chi connectivity index (χ0n) is 32.5. The highest BCUT2D eigenvalue weighted by Crippen LogP contribution is 2.42. The lowest BCUT2D eigenvalue weighted by Crippen LogP contribution is -2.42. The van der Waals surface area contributed by atoms with Crippen LogP contribution < -0.4 is 0 Å². The second-order valence-electron chi connectivity index (χ2n) is 16.6. The highest BCUT2D eigenvalue weighted by molar-refractivity contribution is 6.30. The predicted molar refractivity (Wildman–Crippen MR) is 201 cm³/mol. The van der Waals surface area contributed by atoms with Gasteiger partial charge in [0.25, 0.3) is 0 Å². The van der Waals surface area contributed by atoms with E-state index in [0.29, 0.717) is 29.8 Å². The highest BCUT2D eigenvalue weighted by atomic mass is 35.5. The molecule has 2 amide bonds. The van der Waals surface area contributed by atoms with Gasteiger partial charge in [-0.05, 0) is 126 Å².